The molecular weight excluding hydrogens is 377 g/mol. The Kier molecular flexibility index (Phi) is 7.36. The van der Waals surface area contributed by atoms with Crippen molar-refractivity contribution in [2.75, 3.05) is 6.61 Å². The standard InChI is InChI=1S/C19H19F3N2O4/c20-19(21,22)12-28-16-8-6-14(11-23-16)18(27)24-15(7-9-17(25)26)10-13-4-2-1-3-5-13/h1-6,8,11,15H,7,9-10,12H2,(H,24,27)(H,25,26). The molecular formula is C19H19F3N2O4. The molecule has 1 atom stereocenters. The molecule has 2 aromatic rings. The van der Waals surface area contributed by atoms with Crippen molar-refractivity contribution in [3.05, 3.63) is 59.8 Å². The van der Waals surface area contributed by atoms with Crippen LogP contribution in [0, 0.1) is 0 Å². The third-order valence-corrected chi connectivity index (χ3v) is 3.75. The molecule has 0 radical (unpaired) electrons. The first kappa shape index (κ1) is 21.2. The molecule has 0 aliphatic rings. The van der Waals surface area contributed by atoms with Gasteiger partial charge in [0.05, 0.1) is 5.56 Å². The van der Waals surface area contributed by atoms with Crippen LogP contribution in [0.25, 0.3) is 0 Å². The van der Waals surface area contributed by atoms with Gasteiger partial charge in [-0.25, -0.2) is 4.98 Å². The maximum absolute atomic E-state index is 12.4. The van der Waals surface area contributed by atoms with E-state index in [-0.39, 0.29) is 24.3 Å². The fourth-order valence-corrected chi connectivity index (χ4v) is 2.45. The Labute approximate surface area is 159 Å². The number of halogens is 3. The van der Waals surface area contributed by atoms with E-state index in [2.05, 4.69) is 15.0 Å². The van der Waals surface area contributed by atoms with Gasteiger partial charge >= 0.3 is 12.1 Å². The van der Waals surface area contributed by atoms with Gasteiger partial charge in [0.25, 0.3) is 5.91 Å². The number of pyridine rings is 1. The molecule has 0 aliphatic heterocycles. The molecule has 2 rings (SSSR count). The zero-order chi connectivity index (χ0) is 20.6. The Bertz CT molecular complexity index is 780. The quantitative estimate of drug-likeness (QED) is 0.680. The highest BCUT2D eigenvalue weighted by atomic mass is 19.4. The van der Waals surface area contributed by atoms with E-state index in [4.69, 9.17) is 5.11 Å². The van der Waals surface area contributed by atoms with Crippen LogP contribution in [0.15, 0.2) is 48.7 Å². The maximum atomic E-state index is 12.4. The second kappa shape index (κ2) is 9.72. The van der Waals surface area contributed by atoms with E-state index in [0.29, 0.717) is 6.42 Å². The monoisotopic (exact) mass is 396 g/mol. The Balaban J connectivity index is 2.00. The Morgan fingerprint density at radius 2 is 1.86 bits per heavy atom. The summed E-state index contributed by atoms with van der Waals surface area (Å²) < 4.78 is 40.9. The molecule has 9 heteroatoms. The van der Waals surface area contributed by atoms with Crippen molar-refractivity contribution in [2.45, 2.75) is 31.5 Å². The maximum Gasteiger partial charge on any atom is 0.422 e. The molecule has 0 saturated carbocycles. The molecule has 1 amide bonds. The predicted molar refractivity (Wildman–Crippen MR) is 94.1 cm³/mol. The van der Waals surface area contributed by atoms with E-state index in [9.17, 15) is 22.8 Å². The molecule has 1 aromatic carbocycles. The lowest BCUT2D eigenvalue weighted by Gasteiger charge is -2.18. The number of carbonyl (C=O) groups excluding carboxylic acids is 1. The number of benzene rings is 1. The number of carboxylic acid groups (broad SMARTS) is 1. The van der Waals surface area contributed by atoms with Gasteiger partial charge in [-0.2, -0.15) is 13.2 Å². The molecule has 2 N–H and O–H groups in total. The summed E-state index contributed by atoms with van der Waals surface area (Å²) >= 11 is 0. The number of hydrogen-bond donors (Lipinski definition) is 2. The lowest BCUT2D eigenvalue weighted by molar-refractivity contribution is -0.154. The number of carboxylic acids is 1. The molecule has 0 bridgehead atoms. The molecule has 0 spiro atoms. The largest absolute Gasteiger partial charge is 0.481 e. The van der Waals surface area contributed by atoms with E-state index in [1.807, 2.05) is 30.3 Å². The Morgan fingerprint density at radius 1 is 1.14 bits per heavy atom. The molecule has 1 unspecified atom stereocenters. The molecule has 6 nitrogen and oxygen atoms in total. The average molecular weight is 396 g/mol. The van der Waals surface area contributed by atoms with Gasteiger partial charge in [0.2, 0.25) is 5.88 Å². The fraction of sp³-hybridized carbons (Fsp3) is 0.316. The van der Waals surface area contributed by atoms with Gasteiger partial charge < -0.3 is 15.2 Å². The number of aliphatic carboxylic acids is 1. The molecule has 0 saturated heterocycles. The van der Waals surface area contributed by atoms with Crippen molar-refractivity contribution in [3.63, 3.8) is 0 Å². The Hall–Kier alpha value is -3.10. The van der Waals surface area contributed by atoms with Gasteiger partial charge in [-0.1, -0.05) is 30.3 Å². The number of aromatic nitrogens is 1. The highest BCUT2D eigenvalue weighted by Crippen LogP contribution is 2.17. The third kappa shape index (κ3) is 7.65. The number of ether oxygens (including phenoxy) is 1. The number of nitrogens with zero attached hydrogens (tertiary/aromatic N) is 1. The average Bonchev–Trinajstić information content (AvgIpc) is 2.65. The third-order valence-electron chi connectivity index (χ3n) is 3.75. The second-order valence-corrected chi connectivity index (χ2v) is 6.08. The first-order valence-corrected chi connectivity index (χ1v) is 8.45. The molecule has 1 heterocycles. The van der Waals surface area contributed by atoms with E-state index in [1.165, 1.54) is 12.1 Å². The van der Waals surface area contributed by atoms with Gasteiger partial charge in [0.1, 0.15) is 0 Å². The van der Waals surface area contributed by atoms with Gasteiger partial charge in [-0.15, -0.1) is 0 Å². The minimum atomic E-state index is -4.48. The first-order valence-electron chi connectivity index (χ1n) is 8.45. The molecule has 28 heavy (non-hydrogen) atoms. The van der Waals surface area contributed by atoms with Gasteiger partial charge in [-0.05, 0) is 24.5 Å². The van der Waals surface area contributed by atoms with Crippen LogP contribution in [0.1, 0.15) is 28.8 Å². The van der Waals surface area contributed by atoms with E-state index >= 15 is 0 Å². The van der Waals surface area contributed by atoms with Gasteiger partial charge in [0.15, 0.2) is 6.61 Å². The van der Waals surface area contributed by atoms with Crippen molar-refractivity contribution in [1.29, 1.82) is 0 Å². The van der Waals surface area contributed by atoms with Crippen LogP contribution in [0.4, 0.5) is 13.2 Å². The molecule has 0 fully saturated rings. The van der Waals surface area contributed by atoms with Crippen molar-refractivity contribution in [2.24, 2.45) is 0 Å². The van der Waals surface area contributed by atoms with Gasteiger partial charge in [-0.3, -0.25) is 9.59 Å². The summed E-state index contributed by atoms with van der Waals surface area (Å²) in [4.78, 5) is 27.0. The van der Waals surface area contributed by atoms with Crippen molar-refractivity contribution in [1.82, 2.24) is 10.3 Å². The van der Waals surface area contributed by atoms with Gasteiger partial charge in [0, 0.05) is 24.7 Å². The van der Waals surface area contributed by atoms with Crippen molar-refractivity contribution < 1.29 is 32.6 Å². The van der Waals surface area contributed by atoms with E-state index < -0.39 is 30.7 Å². The van der Waals surface area contributed by atoms with Crippen LogP contribution in [-0.2, 0) is 11.2 Å². The lowest BCUT2D eigenvalue weighted by atomic mass is 10.0. The van der Waals surface area contributed by atoms with Crippen LogP contribution in [0.2, 0.25) is 0 Å². The Morgan fingerprint density at radius 3 is 2.43 bits per heavy atom. The summed E-state index contributed by atoms with van der Waals surface area (Å²) in [5, 5.41) is 11.7. The minimum Gasteiger partial charge on any atom is -0.481 e. The zero-order valence-electron chi connectivity index (χ0n) is 14.8. The molecule has 1 aromatic heterocycles. The number of amides is 1. The molecule has 150 valence electrons. The SMILES string of the molecule is O=C(O)CCC(Cc1ccccc1)NC(=O)c1ccc(OCC(F)(F)F)nc1. The number of rotatable bonds is 9. The molecule has 0 aliphatic carbocycles. The summed E-state index contributed by atoms with van der Waals surface area (Å²) in [5.74, 6) is -1.72. The second-order valence-electron chi connectivity index (χ2n) is 6.08. The smallest absolute Gasteiger partial charge is 0.422 e. The lowest BCUT2D eigenvalue weighted by Crippen LogP contribution is -2.37. The summed E-state index contributed by atoms with van der Waals surface area (Å²) in [5.41, 5.74) is 1.07. The number of nitrogens with one attached hydrogen (secondary N) is 1. The minimum absolute atomic E-state index is 0.111. The zero-order valence-corrected chi connectivity index (χ0v) is 14.8. The summed E-state index contributed by atoms with van der Waals surface area (Å²) in [6.07, 6.45) is -2.80. The number of carbonyl (C=O) groups is 2. The topological polar surface area (TPSA) is 88.5 Å². The van der Waals surface area contributed by atoms with Crippen LogP contribution in [0.5, 0.6) is 5.88 Å². The predicted octanol–water partition coefficient (Wildman–Crippen LogP) is 3.23. The first-order chi connectivity index (χ1) is 13.2. The summed E-state index contributed by atoms with van der Waals surface area (Å²) in [7, 11) is 0. The normalized spacial score (nSPS) is 12.2. The summed E-state index contributed by atoms with van der Waals surface area (Å²) in [6.45, 7) is -1.47. The van der Waals surface area contributed by atoms with Crippen LogP contribution in [-0.4, -0.2) is 40.8 Å². The van der Waals surface area contributed by atoms with Crippen molar-refractivity contribution in [3.8, 4) is 5.88 Å². The fourth-order valence-electron chi connectivity index (χ4n) is 2.45. The van der Waals surface area contributed by atoms with E-state index in [1.54, 1.807) is 0 Å². The van der Waals surface area contributed by atoms with E-state index in [0.717, 1.165) is 11.8 Å². The van der Waals surface area contributed by atoms with Crippen molar-refractivity contribution >= 4 is 11.9 Å². The van der Waals surface area contributed by atoms with Crippen LogP contribution < -0.4 is 10.1 Å². The van der Waals surface area contributed by atoms with Crippen LogP contribution >= 0.6 is 0 Å². The highest BCUT2D eigenvalue weighted by molar-refractivity contribution is 5.94. The number of alkyl halides is 3. The highest BCUT2D eigenvalue weighted by Gasteiger charge is 2.28. The van der Waals surface area contributed by atoms with Crippen LogP contribution in [0.3, 0.4) is 0 Å². The number of hydrogen-bond acceptors (Lipinski definition) is 4. The summed E-state index contributed by atoms with van der Waals surface area (Å²) in [6, 6.07) is 11.3.